The van der Waals surface area contributed by atoms with E-state index in [-0.39, 0.29) is 0 Å². The normalized spacial score (nSPS) is 14.5. The molecule has 0 atom stereocenters. The smallest absolute Gasteiger partial charge is 0.175 e. The van der Waals surface area contributed by atoms with Crippen LogP contribution in [0.3, 0.4) is 0 Å². The van der Waals surface area contributed by atoms with E-state index in [0.717, 1.165) is 17.1 Å². The standard InChI is InChI=1S/C11H10Cl2N6/c1-18-11(15-16-17-18)7-5-14-19(6-7)9-4-2-3-8(12)10(9)13/h2-6,16-17H,1H3. The summed E-state index contributed by atoms with van der Waals surface area (Å²) in [5.74, 6) is 0.740. The van der Waals surface area contributed by atoms with Crippen LogP contribution < -0.4 is 11.1 Å². The molecule has 0 amide bonds. The highest BCUT2D eigenvalue weighted by molar-refractivity contribution is 6.43. The number of nitrogens with zero attached hydrogens (tertiary/aromatic N) is 4. The lowest BCUT2D eigenvalue weighted by molar-refractivity contribution is 0.349. The van der Waals surface area contributed by atoms with Crippen molar-refractivity contribution in [3.63, 3.8) is 0 Å². The van der Waals surface area contributed by atoms with E-state index >= 15 is 0 Å². The molecule has 8 heteroatoms. The maximum atomic E-state index is 6.17. The van der Waals surface area contributed by atoms with E-state index < -0.39 is 0 Å². The highest BCUT2D eigenvalue weighted by Crippen LogP contribution is 2.28. The van der Waals surface area contributed by atoms with E-state index in [1.807, 2.05) is 25.4 Å². The van der Waals surface area contributed by atoms with E-state index in [1.54, 1.807) is 22.0 Å². The fourth-order valence-corrected chi connectivity index (χ4v) is 2.16. The molecule has 1 aliphatic rings. The van der Waals surface area contributed by atoms with Crippen molar-refractivity contribution in [1.29, 1.82) is 0 Å². The summed E-state index contributed by atoms with van der Waals surface area (Å²) >= 11 is 12.2. The van der Waals surface area contributed by atoms with Gasteiger partial charge < -0.3 is 0 Å². The summed E-state index contributed by atoms with van der Waals surface area (Å²) in [5, 5.41) is 11.1. The molecule has 0 fully saturated rings. The van der Waals surface area contributed by atoms with Crippen molar-refractivity contribution >= 4 is 29.0 Å². The van der Waals surface area contributed by atoms with Crippen molar-refractivity contribution < 1.29 is 0 Å². The van der Waals surface area contributed by atoms with Gasteiger partial charge in [0.15, 0.2) is 5.84 Å². The minimum atomic E-state index is 0.469. The lowest BCUT2D eigenvalue weighted by Crippen LogP contribution is -2.37. The monoisotopic (exact) mass is 296 g/mol. The Balaban J connectivity index is 2.00. The third kappa shape index (κ3) is 2.14. The van der Waals surface area contributed by atoms with Gasteiger partial charge in [0.2, 0.25) is 0 Å². The molecule has 98 valence electrons. The summed E-state index contributed by atoms with van der Waals surface area (Å²) in [5.41, 5.74) is 7.08. The second kappa shape index (κ2) is 4.73. The minimum absolute atomic E-state index is 0.469. The van der Waals surface area contributed by atoms with Crippen molar-refractivity contribution in [2.45, 2.75) is 0 Å². The van der Waals surface area contributed by atoms with Gasteiger partial charge in [0.25, 0.3) is 0 Å². The number of amidine groups is 1. The summed E-state index contributed by atoms with van der Waals surface area (Å²) in [7, 11) is 1.85. The summed E-state index contributed by atoms with van der Waals surface area (Å²) in [6, 6.07) is 5.41. The van der Waals surface area contributed by atoms with Gasteiger partial charge in [0.1, 0.15) is 0 Å². The molecule has 0 spiro atoms. The van der Waals surface area contributed by atoms with Crippen LogP contribution in [0.15, 0.2) is 35.7 Å². The highest BCUT2D eigenvalue weighted by atomic mass is 35.5. The Morgan fingerprint density at radius 2 is 2.11 bits per heavy atom. The molecule has 3 rings (SSSR count). The molecule has 19 heavy (non-hydrogen) atoms. The average Bonchev–Trinajstić information content (AvgIpc) is 3.01. The van der Waals surface area contributed by atoms with Gasteiger partial charge in [-0.1, -0.05) is 29.3 Å². The quantitative estimate of drug-likeness (QED) is 0.887. The second-order valence-electron chi connectivity index (χ2n) is 3.96. The topological polar surface area (TPSA) is 57.5 Å². The largest absolute Gasteiger partial charge is 0.274 e. The molecule has 0 unspecified atom stereocenters. The maximum absolute atomic E-state index is 6.17. The maximum Gasteiger partial charge on any atom is 0.175 e. The molecule has 0 bridgehead atoms. The summed E-state index contributed by atoms with van der Waals surface area (Å²) in [6.07, 6.45) is 3.54. The molecule has 1 aromatic heterocycles. The number of aromatic nitrogens is 2. The number of nitrogens with one attached hydrogen (secondary N) is 2. The Hall–Kier alpha value is -1.76. The SMILES string of the molecule is CN1NNN=C1c1cnn(-c2cccc(Cl)c2Cl)c1. The minimum Gasteiger partial charge on any atom is -0.274 e. The van der Waals surface area contributed by atoms with Crippen LogP contribution in [0.2, 0.25) is 10.0 Å². The first-order chi connectivity index (χ1) is 9.16. The van der Waals surface area contributed by atoms with Gasteiger partial charge in [-0.05, 0) is 12.1 Å². The number of hydrogen-bond donors (Lipinski definition) is 2. The van der Waals surface area contributed by atoms with Crippen LogP contribution in [-0.4, -0.2) is 27.7 Å². The number of benzene rings is 1. The number of rotatable bonds is 2. The van der Waals surface area contributed by atoms with Gasteiger partial charge >= 0.3 is 0 Å². The summed E-state index contributed by atoms with van der Waals surface area (Å²) in [6.45, 7) is 0. The average molecular weight is 297 g/mol. The first-order valence-electron chi connectivity index (χ1n) is 5.48. The zero-order valence-electron chi connectivity index (χ0n) is 9.93. The van der Waals surface area contributed by atoms with Gasteiger partial charge in [0.05, 0.1) is 27.5 Å². The zero-order valence-corrected chi connectivity index (χ0v) is 11.4. The molecule has 0 saturated heterocycles. The fraction of sp³-hybridized carbons (Fsp3) is 0.0909. The van der Waals surface area contributed by atoms with Crippen molar-refractivity contribution in [3.8, 4) is 5.69 Å². The predicted molar refractivity (Wildman–Crippen MR) is 74.2 cm³/mol. The van der Waals surface area contributed by atoms with Crippen LogP contribution in [0.25, 0.3) is 5.69 Å². The van der Waals surface area contributed by atoms with E-state index in [1.165, 1.54) is 0 Å². The molecule has 2 aromatic rings. The van der Waals surface area contributed by atoms with Crippen molar-refractivity contribution in [3.05, 3.63) is 46.2 Å². The molecule has 2 heterocycles. The van der Waals surface area contributed by atoms with Crippen LogP contribution in [-0.2, 0) is 0 Å². The molecule has 0 radical (unpaired) electrons. The van der Waals surface area contributed by atoms with E-state index in [2.05, 4.69) is 21.3 Å². The van der Waals surface area contributed by atoms with Crippen LogP contribution in [0.1, 0.15) is 5.56 Å². The third-order valence-corrected chi connectivity index (χ3v) is 3.52. The third-order valence-electron chi connectivity index (χ3n) is 2.72. The van der Waals surface area contributed by atoms with Crippen LogP contribution in [0, 0.1) is 0 Å². The lowest BCUT2D eigenvalue weighted by Gasteiger charge is -2.10. The van der Waals surface area contributed by atoms with Gasteiger partial charge in [-0.3, -0.25) is 5.01 Å². The van der Waals surface area contributed by atoms with Crippen LogP contribution >= 0.6 is 23.2 Å². The van der Waals surface area contributed by atoms with Crippen molar-refractivity contribution in [2.24, 2.45) is 5.10 Å². The van der Waals surface area contributed by atoms with Gasteiger partial charge in [-0.2, -0.15) is 5.10 Å². The molecule has 0 aliphatic carbocycles. The number of hydrazone groups is 1. The Morgan fingerprint density at radius 3 is 2.84 bits per heavy atom. The molecule has 1 aliphatic heterocycles. The Labute approximate surface area is 119 Å². The molecular formula is C11H10Cl2N6. The molecule has 2 N–H and O–H groups in total. The number of halogens is 2. The van der Waals surface area contributed by atoms with E-state index in [9.17, 15) is 0 Å². The molecule has 0 saturated carbocycles. The van der Waals surface area contributed by atoms with E-state index in [4.69, 9.17) is 23.2 Å². The Bertz CT molecular complexity index is 650. The van der Waals surface area contributed by atoms with Crippen LogP contribution in [0.4, 0.5) is 0 Å². The van der Waals surface area contributed by atoms with Gasteiger partial charge in [0, 0.05) is 13.2 Å². The van der Waals surface area contributed by atoms with E-state index in [0.29, 0.717) is 10.0 Å². The van der Waals surface area contributed by atoms with Crippen molar-refractivity contribution in [1.82, 2.24) is 25.9 Å². The molecule has 6 nitrogen and oxygen atoms in total. The Kier molecular flexibility index (Phi) is 3.06. The van der Waals surface area contributed by atoms with Crippen molar-refractivity contribution in [2.75, 3.05) is 7.05 Å². The molecular weight excluding hydrogens is 287 g/mol. The number of hydrazine groups is 2. The first-order valence-corrected chi connectivity index (χ1v) is 6.24. The fourth-order valence-electron chi connectivity index (χ4n) is 1.78. The predicted octanol–water partition coefficient (Wildman–Crippen LogP) is 1.80. The second-order valence-corrected chi connectivity index (χ2v) is 4.75. The highest BCUT2D eigenvalue weighted by Gasteiger charge is 2.17. The summed E-state index contributed by atoms with van der Waals surface area (Å²) < 4.78 is 1.66. The van der Waals surface area contributed by atoms with Gasteiger partial charge in [-0.15, -0.1) is 10.6 Å². The lowest BCUT2D eigenvalue weighted by atomic mass is 10.3. The number of hydrogen-bond acceptors (Lipinski definition) is 5. The summed E-state index contributed by atoms with van der Waals surface area (Å²) in [4.78, 5) is 0. The molecule has 1 aromatic carbocycles. The van der Waals surface area contributed by atoms with Crippen LogP contribution in [0.5, 0.6) is 0 Å². The van der Waals surface area contributed by atoms with Gasteiger partial charge in [-0.25, -0.2) is 10.2 Å². The zero-order chi connectivity index (χ0) is 13.4. The Morgan fingerprint density at radius 1 is 1.26 bits per heavy atom. The first kappa shape index (κ1) is 12.3.